The van der Waals surface area contributed by atoms with E-state index in [9.17, 15) is 9.18 Å². The van der Waals surface area contributed by atoms with Crippen molar-refractivity contribution in [1.29, 1.82) is 0 Å². The second-order valence-electron chi connectivity index (χ2n) is 5.43. The summed E-state index contributed by atoms with van der Waals surface area (Å²) < 4.78 is 29.2. The summed E-state index contributed by atoms with van der Waals surface area (Å²) in [5, 5.41) is 0. The van der Waals surface area contributed by atoms with Crippen LogP contribution in [0.1, 0.15) is 5.56 Å². The molecule has 0 unspecified atom stereocenters. The number of carbonyl (C=O) groups excluding carboxylic acids is 1. The Hall–Kier alpha value is -3.02. The van der Waals surface area contributed by atoms with Crippen LogP contribution in [0.4, 0.5) is 10.1 Å². The number of anilines is 1. The zero-order chi connectivity index (χ0) is 17.8. The van der Waals surface area contributed by atoms with Gasteiger partial charge in [0, 0.05) is 18.2 Å². The number of amides is 1. The minimum atomic E-state index is -0.396. The standard InChI is InChI=1S/C19H18FNO4/c1-23-15-9-13(10-16(12-15)24-2)3-6-19(22)21-7-8-25-18-11-14(20)4-5-17(18)21/h3-6,9-12H,7-8H2,1-2H3/b6-3+. The van der Waals surface area contributed by atoms with Gasteiger partial charge in [-0.1, -0.05) is 0 Å². The Kier molecular flexibility index (Phi) is 4.88. The van der Waals surface area contributed by atoms with Crippen molar-refractivity contribution in [3.8, 4) is 17.2 Å². The lowest BCUT2D eigenvalue weighted by Gasteiger charge is -2.28. The summed E-state index contributed by atoms with van der Waals surface area (Å²) in [6.45, 7) is 0.728. The van der Waals surface area contributed by atoms with E-state index in [4.69, 9.17) is 14.2 Å². The SMILES string of the molecule is COc1cc(/C=C/C(=O)N2CCOc3cc(F)ccc32)cc(OC)c1. The molecule has 0 radical (unpaired) electrons. The van der Waals surface area contributed by atoms with E-state index in [0.29, 0.717) is 36.1 Å². The molecule has 2 aromatic rings. The highest BCUT2D eigenvalue weighted by Crippen LogP contribution is 2.32. The van der Waals surface area contributed by atoms with E-state index in [0.717, 1.165) is 5.56 Å². The molecule has 3 rings (SSSR count). The molecule has 0 bridgehead atoms. The van der Waals surface area contributed by atoms with Crippen LogP contribution in [0.5, 0.6) is 17.2 Å². The van der Waals surface area contributed by atoms with Gasteiger partial charge in [0.15, 0.2) is 0 Å². The molecule has 25 heavy (non-hydrogen) atoms. The van der Waals surface area contributed by atoms with Crippen molar-refractivity contribution >= 4 is 17.7 Å². The van der Waals surface area contributed by atoms with Crippen molar-refractivity contribution in [2.75, 3.05) is 32.3 Å². The lowest BCUT2D eigenvalue weighted by atomic mass is 10.1. The predicted molar refractivity (Wildman–Crippen MR) is 92.8 cm³/mol. The number of hydrogen-bond acceptors (Lipinski definition) is 4. The van der Waals surface area contributed by atoms with Crippen LogP contribution in [-0.2, 0) is 4.79 Å². The van der Waals surface area contributed by atoms with E-state index in [-0.39, 0.29) is 5.91 Å². The van der Waals surface area contributed by atoms with Gasteiger partial charge in [-0.05, 0) is 35.9 Å². The van der Waals surface area contributed by atoms with Gasteiger partial charge in [-0.25, -0.2) is 4.39 Å². The first-order chi connectivity index (χ1) is 12.1. The van der Waals surface area contributed by atoms with Gasteiger partial charge in [-0.3, -0.25) is 4.79 Å². The van der Waals surface area contributed by atoms with Gasteiger partial charge in [-0.15, -0.1) is 0 Å². The molecule has 5 nitrogen and oxygen atoms in total. The monoisotopic (exact) mass is 343 g/mol. The number of fused-ring (bicyclic) bond motifs is 1. The fraction of sp³-hybridized carbons (Fsp3) is 0.211. The maximum Gasteiger partial charge on any atom is 0.251 e. The number of rotatable bonds is 4. The summed E-state index contributed by atoms with van der Waals surface area (Å²) >= 11 is 0. The third-order valence-electron chi connectivity index (χ3n) is 3.84. The van der Waals surface area contributed by atoms with Crippen LogP contribution in [0.2, 0.25) is 0 Å². The Morgan fingerprint density at radius 3 is 2.56 bits per heavy atom. The van der Waals surface area contributed by atoms with Crippen LogP contribution in [0.15, 0.2) is 42.5 Å². The van der Waals surface area contributed by atoms with Crippen molar-refractivity contribution in [2.45, 2.75) is 0 Å². The maximum absolute atomic E-state index is 13.3. The molecular weight excluding hydrogens is 325 g/mol. The number of hydrogen-bond donors (Lipinski definition) is 0. The molecule has 6 heteroatoms. The van der Waals surface area contributed by atoms with Gasteiger partial charge in [0.05, 0.1) is 26.5 Å². The Morgan fingerprint density at radius 2 is 1.88 bits per heavy atom. The summed E-state index contributed by atoms with van der Waals surface area (Å²) in [6.07, 6.45) is 3.15. The highest BCUT2D eigenvalue weighted by molar-refractivity contribution is 6.05. The van der Waals surface area contributed by atoms with E-state index in [2.05, 4.69) is 0 Å². The van der Waals surface area contributed by atoms with Gasteiger partial charge < -0.3 is 19.1 Å². The highest BCUT2D eigenvalue weighted by Gasteiger charge is 2.22. The lowest BCUT2D eigenvalue weighted by molar-refractivity contribution is -0.114. The Balaban J connectivity index is 1.83. The largest absolute Gasteiger partial charge is 0.497 e. The van der Waals surface area contributed by atoms with E-state index in [1.165, 1.54) is 18.2 Å². The van der Waals surface area contributed by atoms with Crippen molar-refractivity contribution in [3.05, 3.63) is 53.9 Å². The average Bonchev–Trinajstić information content (AvgIpc) is 2.64. The average molecular weight is 343 g/mol. The molecule has 130 valence electrons. The fourth-order valence-electron chi connectivity index (χ4n) is 2.61. The minimum Gasteiger partial charge on any atom is -0.497 e. The van der Waals surface area contributed by atoms with Crippen LogP contribution in [0.25, 0.3) is 6.08 Å². The molecule has 1 aliphatic rings. The summed E-state index contributed by atoms with van der Waals surface area (Å²) in [6, 6.07) is 9.50. The molecule has 1 amide bonds. The highest BCUT2D eigenvalue weighted by atomic mass is 19.1. The van der Waals surface area contributed by atoms with Gasteiger partial charge in [0.1, 0.15) is 29.7 Å². The van der Waals surface area contributed by atoms with Gasteiger partial charge in [0.2, 0.25) is 0 Å². The smallest absolute Gasteiger partial charge is 0.251 e. The van der Waals surface area contributed by atoms with E-state index in [1.54, 1.807) is 49.5 Å². The normalized spacial score (nSPS) is 13.3. The molecule has 0 fully saturated rings. The third-order valence-corrected chi connectivity index (χ3v) is 3.84. The second-order valence-corrected chi connectivity index (χ2v) is 5.43. The van der Waals surface area contributed by atoms with Gasteiger partial charge >= 0.3 is 0 Å². The summed E-state index contributed by atoms with van der Waals surface area (Å²) in [5.41, 5.74) is 1.34. The number of nitrogens with zero attached hydrogens (tertiary/aromatic N) is 1. The van der Waals surface area contributed by atoms with E-state index >= 15 is 0 Å². The van der Waals surface area contributed by atoms with E-state index < -0.39 is 5.82 Å². The van der Waals surface area contributed by atoms with Crippen LogP contribution < -0.4 is 19.1 Å². The third kappa shape index (κ3) is 3.74. The van der Waals surface area contributed by atoms with Crippen LogP contribution in [0, 0.1) is 5.82 Å². The zero-order valence-corrected chi connectivity index (χ0v) is 14.0. The predicted octanol–water partition coefficient (Wildman–Crippen LogP) is 3.28. The van der Waals surface area contributed by atoms with Crippen molar-refractivity contribution in [2.24, 2.45) is 0 Å². The molecule has 0 saturated heterocycles. The molecule has 0 aliphatic carbocycles. The van der Waals surface area contributed by atoms with Crippen molar-refractivity contribution < 1.29 is 23.4 Å². The van der Waals surface area contributed by atoms with Crippen molar-refractivity contribution in [3.63, 3.8) is 0 Å². The van der Waals surface area contributed by atoms with Crippen LogP contribution in [-0.4, -0.2) is 33.3 Å². The molecule has 0 aromatic heterocycles. The molecule has 1 aliphatic heterocycles. The molecule has 0 atom stereocenters. The molecule has 0 N–H and O–H groups in total. The van der Waals surface area contributed by atoms with Gasteiger partial charge in [0.25, 0.3) is 5.91 Å². The number of halogens is 1. The Bertz CT molecular complexity index is 797. The van der Waals surface area contributed by atoms with Crippen molar-refractivity contribution in [1.82, 2.24) is 0 Å². The molecule has 2 aromatic carbocycles. The Labute approximate surface area is 145 Å². The molecule has 0 spiro atoms. The molecule has 1 heterocycles. The minimum absolute atomic E-state index is 0.210. The summed E-state index contributed by atoms with van der Waals surface area (Å²) in [7, 11) is 3.13. The molecule has 0 saturated carbocycles. The van der Waals surface area contributed by atoms with Crippen LogP contribution in [0.3, 0.4) is 0 Å². The number of carbonyl (C=O) groups is 1. The second kappa shape index (κ2) is 7.25. The quantitative estimate of drug-likeness (QED) is 0.800. The van der Waals surface area contributed by atoms with Gasteiger partial charge in [-0.2, -0.15) is 0 Å². The first kappa shape index (κ1) is 16.8. The number of benzene rings is 2. The topological polar surface area (TPSA) is 48.0 Å². The zero-order valence-electron chi connectivity index (χ0n) is 14.0. The summed E-state index contributed by atoms with van der Waals surface area (Å²) in [4.78, 5) is 14.1. The first-order valence-corrected chi connectivity index (χ1v) is 7.75. The fourth-order valence-corrected chi connectivity index (χ4v) is 2.61. The number of methoxy groups -OCH3 is 2. The first-order valence-electron chi connectivity index (χ1n) is 7.75. The maximum atomic E-state index is 13.3. The summed E-state index contributed by atoms with van der Waals surface area (Å²) in [5.74, 6) is 1.04. The lowest BCUT2D eigenvalue weighted by Crippen LogP contribution is -2.36. The molecular formula is C19H18FNO4. The number of ether oxygens (including phenoxy) is 3. The Morgan fingerprint density at radius 1 is 1.16 bits per heavy atom. The van der Waals surface area contributed by atoms with E-state index in [1.807, 2.05) is 0 Å². The van der Waals surface area contributed by atoms with Crippen LogP contribution >= 0.6 is 0 Å².